The van der Waals surface area contributed by atoms with Crippen LogP contribution < -0.4 is 11.0 Å². The van der Waals surface area contributed by atoms with Gasteiger partial charge in [-0.3, -0.25) is 14.2 Å². The molecule has 3 N–H and O–H groups in total. The summed E-state index contributed by atoms with van der Waals surface area (Å²) in [5, 5.41) is 22.7. The van der Waals surface area contributed by atoms with E-state index in [4.69, 9.17) is 9.57 Å². The summed E-state index contributed by atoms with van der Waals surface area (Å²) in [7, 11) is 1.47. The Morgan fingerprint density at radius 2 is 2.27 bits per heavy atom. The van der Waals surface area contributed by atoms with E-state index in [0.29, 0.717) is 0 Å². The predicted molar refractivity (Wildman–Crippen MR) is 87.8 cm³/mol. The average molecular weight is 370 g/mol. The van der Waals surface area contributed by atoms with Crippen molar-refractivity contribution in [2.75, 3.05) is 25.6 Å². The maximum atomic E-state index is 12.6. The summed E-state index contributed by atoms with van der Waals surface area (Å²) in [5.74, 6) is -1.22. The number of hydrogen-bond acceptors (Lipinski definition) is 9. The number of aromatic nitrogens is 2. The molecule has 0 saturated carbocycles. The quantitative estimate of drug-likeness (QED) is 0.505. The molecule has 11 heteroatoms. The molecule has 0 spiro atoms. The third-order valence-electron chi connectivity index (χ3n) is 3.97. The SMILES string of the molecule is CCOC(=O)[C@@]1(n2ccc(NC(C)=O)nc2=O)C[C@H]([C@H](O)CO)N(C)O1. The number of carbonyl (C=O) groups is 2. The monoisotopic (exact) mass is 370 g/mol. The van der Waals surface area contributed by atoms with Crippen LogP contribution in [0, 0.1) is 0 Å². The lowest BCUT2D eigenvalue weighted by atomic mass is 10.0. The Bertz CT molecular complexity index is 737. The van der Waals surface area contributed by atoms with Crippen molar-refractivity contribution in [3.63, 3.8) is 0 Å². The number of hydroxylamine groups is 2. The molecule has 0 aromatic carbocycles. The van der Waals surface area contributed by atoms with Crippen molar-refractivity contribution < 1.29 is 29.4 Å². The van der Waals surface area contributed by atoms with Crippen LogP contribution in [0.25, 0.3) is 0 Å². The number of esters is 1. The normalized spacial score (nSPS) is 24.3. The van der Waals surface area contributed by atoms with Crippen LogP contribution in [0.5, 0.6) is 0 Å². The third-order valence-corrected chi connectivity index (χ3v) is 3.97. The van der Waals surface area contributed by atoms with Gasteiger partial charge in [-0.1, -0.05) is 0 Å². The number of aliphatic hydroxyl groups is 2. The number of aliphatic hydroxyl groups excluding tert-OH is 2. The number of anilines is 1. The average Bonchev–Trinajstić information content (AvgIpc) is 2.92. The van der Waals surface area contributed by atoms with E-state index in [2.05, 4.69) is 10.3 Å². The van der Waals surface area contributed by atoms with Gasteiger partial charge in [0.1, 0.15) is 5.82 Å². The molecule has 0 aliphatic carbocycles. The van der Waals surface area contributed by atoms with E-state index in [1.54, 1.807) is 6.92 Å². The summed E-state index contributed by atoms with van der Waals surface area (Å²) in [4.78, 5) is 45.5. The Morgan fingerprint density at radius 3 is 2.81 bits per heavy atom. The van der Waals surface area contributed by atoms with E-state index in [1.165, 1.54) is 31.3 Å². The molecule has 1 aromatic rings. The minimum atomic E-state index is -1.88. The maximum absolute atomic E-state index is 12.6. The van der Waals surface area contributed by atoms with Gasteiger partial charge in [0.25, 0.3) is 5.72 Å². The van der Waals surface area contributed by atoms with Crippen molar-refractivity contribution in [3.8, 4) is 0 Å². The van der Waals surface area contributed by atoms with Crippen LogP contribution in [0.2, 0.25) is 0 Å². The second-order valence-corrected chi connectivity index (χ2v) is 5.81. The molecule has 1 aliphatic rings. The molecule has 1 saturated heterocycles. The highest BCUT2D eigenvalue weighted by Gasteiger charge is 2.55. The number of hydrogen-bond donors (Lipinski definition) is 3. The molecule has 0 unspecified atom stereocenters. The minimum Gasteiger partial charge on any atom is -0.462 e. The van der Waals surface area contributed by atoms with Crippen LogP contribution in [0.1, 0.15) is 20.3 Å². The van der Waals surface area contributed by atoms with Crippen molar-refractivity contribution in [1.29, 1.82) is 0 Å². The molecule has 1 aliphatic heterocycles. The first-order chi connectivity index (χ1) is 12.2. The van der Waals surface area contributed by atoms with Crippen LogP contribution in [0.4, 0.5) is 5.82 Å². The molecule has 0 bridgehead atoms. The molecule has 11 nitrogen and oxygen atoms in total. The third kappa shape index (κ3) is 3.75. The zero-order chi connectivity index (χ0) is 19.5. The van der Waals surface area contributed by atoms with E-state index in [1.807, 2.05) is 0 Å². The Kier molecular flexibility index (Phi) is 6.08. The molecule has 0 radical (unpaired) electrons. The fourth-order valence-corrected chi connectivity index (χ4v) is 2.79. The first-order valence-corrected chi connectivity index (χ1v) is 8.01. The van der Waals surface area contributed by atoms with Gasteiger partial charge in [-0.05, 0) is 13.0 Å². The molecular formula is C15H22N4O7. The molecule has 1 fully saturated rings. The van der Waals surface area contributed by atoms with Crippen LogP contribution in [0.3, 0.4) is 0 Å². The number of nitrogens with one attached hydrogen (secondary N) is 1. The highest BCUT2D eigenvalue weighted by atomic mass is 16.7. The number of amides is 1. The van der Waals surface area contributed by atoms with Gasteiger partial charge in [0, 0.05) is 26.6 Å². The van der Waals surface area contributed by atoms with Crippen LogP contribution in [-0.4, -0.2) is 69.1 Å². The van der Waals surface area contributed by atoms with E-state index in [-0.39, 0.29) is 18.8 Å². The lowest BCUT2D eigenvalue weighted by Gasteiger charge is -2.27. The van der Waals surface area contributed by atoms with Gasteiger partial charge >= 0.3 is 11.7 Å². The van der Waals surface area contributed by atoms with Crippen molar-refractivity contribution >= 4 is 17.7 Å². The molecule has 1 amide bonds. The number of carbonyl (C=O) groups excluding carboxylic acids is 2. The lowest BCUT2D eigenvalue weighted by Crippen LogP contribution is -2.49. The van der Waals surface area contributed by atoms with Gasteiger partial charge in [0.2, 0.25) is 5.91 Å². The summed E-state index contributed by atoms with van der Waals surface area (Å²) in [6, 6.07) is 0.578. The second-order valence-electron chi connectivity index (χ2n) is 5.81. The standard InChI is InChI=1S/C15H22N4O7/c1-4-25-13(23)15(7-10(11(22)8-20)18(3)26-15)19-6-5-12(16-9(2)21)17-14(19)24/h5-6,10-11,20,22H,4,7-8H2,1-3H3,(H,16,17,21,24)/t10-,11-,15-/m1/s1. The first-order valence-electron chi connectivity index (χ1n) is 8.01. The zero-order valence-corrected chi connectivity index (χ0v) is 14.7. The van der Waals surface area contributed by atoms with Crippen molar-refractivity contribution in [1.82, 2.24) is 14.6 Å². The summed E-state index contributed by atoms with van der Waals surface area (Å²) >= 11 is 0. The van der Waals surface area contributed by atoms with Crippen LogP contribution in [0.15, 0.2) is 17.1 Å². The van der Waals surface area contributed by atoms with Crippen LogP contribution >= 0.6 is 0 Å². The topological polar surface area (TPSA) is 143 Å². The number of rotatable bonds is 6. The molecule has 2 heterocycles. The Labute approximate surface area is 149 Å². The Hall–Kier alpha value is -2.34. The predicted octanol–water partition coefficient (Wildman–Crippen LogP) is -1.59. The van der Waals surface area contributed by atoms with Gasteiger partial charge in [0.05, 0.1) is 25.4 Å². The Balaban J connectivity index is 2.48. The van der Waals surface area contributed by atoms with Crippen molar-refractivity contribution in [3.05, 3.63) is 22.7 Å². The summed E-state index contributed by atoms with van der Waals surface area (Å²) in [6.07, 6.45) is -0.0943. The number of likely N-dealkylation sites (N-methyl/N-ethyl adjacent to an activating group) is 1. The first kappa shape index (κ1) is 20.0. The van der Waals surface area contributed by atoms with Gasteiger partial charge in [-0.15, -0.1) is 0 Å². The molecule has 144 valence electrons. The van der Waals surface area contributed by atoms with Crippen molar-refractivity contribution in [2.45, 2.75) is 38.1 Å². The summed E-state index contributed by atoms with van der Waals surface area (Å²) < 4.78 is 5.99. The molecule has 1 aromatic heterocycles. The number of nitrogens with zero attached hydrogens (tertiary/aromatic N) is 3. The van der Waals surface area contributed by atoms with Gasteiger partial charge < -0.3 is 20.3 Å². The maximum Gasteiger partial charge on any atom is 0.362 e. The fourth-order valence-electron chi connectivity index (χ4n) is 2.79. The molecule has 3 atom stereocenters. The van der Waals surface area contributed by atoms with E-state index >= 15 is 0 Å². The zero-order valence-electron chi connectivity index (χ0n) is 14.7. The summed E-state index contributed by atoms with van der Waals surface area (Å²) in [6.45, 7) is 2.37. The van der Waals surface area contributed by atoms with Gasteiger partial charge in [-0.2, -0.15) is 10.0 Å². The molecule has 2 rings (SSSR count). The van der Waals surface area contributed by atoms with Gasteiger partial charge in [-0.25, -0.2) is 9.59 Å². The van der Waals surface area contributed by atoms with E-state index in [9.17, 15) is 24.6 Å². The Morgan fingerprint density at radius 1 is 1.58 bits per heavy atom. The molecule has 26 heavy (non-hydrogen) atoms. The summed E-state index contributed by atoms with van der Waals surface area (Å²) in [5.41, 5.74) is -2.73. The minimum absolute atomic E-state index is 0.0241. The highest BCUT2D eigenvalue weighted by Crippen LogP contribution is 2.36. The van der Waals surface area contributed by atoms with Crippen molar-refractivity contribution in [2.24, 2.45) is 0 Å². The smallest absolute Gasteiger partial charge is 0.362 e. The molecular weight excluding hydrogens is 348 g/mol. The second kappa shape index (κ2) is 7.91. The fraction of sp³-hybridized carbons (Fsp3) is 0.600. The highest BCUT2D eigenvalue weighted by molar-refractivity contribution is 5.87. The largest absolute Gasteiger partial charge is 0.462 e. The van der Waals surface area contributed by atoms with Crippen LogP contribution in [-0.2, 0) is 24.9 Å². The lowest BCUT2D eigenvalue weighted by molar-refractivity contribution is -0.241. The van der Waals surface area contributed by atoms with E-state index in [0.717, 1.165) is 4.57 Å². The number of ether oxygens (including phenoxy) is 1. The van der Waals surface area contributed by atoms with E-state index < -0.39 is 42.0 Å². The van der Waals surface area contributed by atoms with Gasteiger partial charge in [0.15, 0.2) is 0 Å².